The van der Waals surface area contributed by atoms with E-state index in [1.54, 1.807) is 12.3 Å². The lowest BCUT2D eigenvalue weighted by molar-refractivity contribution is 0.0687. The first-order valence-electron chi connectivity index (χ1n) is 7.01. The predicted octanol–water partition coefficient (Wildman–Crippen LogP) is 2.68. The molecule has 4 nitrogen and oxygen atoms in total. The van der Waals surface area contributed by atoms with Crippen molar-refractivity contribution in [3.63, 3.8) is 0 Å². The smallest absolute Gasteiger partial charge is 0.257 e. The van der Waals surface area contributed by atoms with E-state index in [1.165, 1.54) is 0 Å². The van der Waals surface area contributed by atoms with Crippen LogP contribution in [0.5, 0.6) is 0 Å². The molecular weight excluding hydrogens is 240 g/mol. The summed E-state index contributed by atoms with van der Waals surface area (Å²) in [6.07, 6.45) is 3.25. The Kier molecular flexibility index (Phi) is 5.60. The van der Waals surface area contributed by atoms with Gasteiger partial charge in [0.15, 0.2) is 0 Å². The van der Waals surface area contributed by atoms with Crippen molar-refractivity contribution in [2.24, 2.45) is 11.1 Å². The van der Waals surface area contributed by atoms with Gasteiger partial charge in [-0.05, 0) is 24.4 Å². The maximum atomic E-state index is 12.6. The Morgan fingerprint density at radius 1 is 1.42 bits per heavy atom. The molecule has 1 amide bonds. The SMILES string of the molecule is CCCN(CC(C)(C)CN)C(=O)c1ccoc1CC. The van der Waals surface area contributed by atoms with E-state index in [1.807, 2.05) is 11.8 Å². The van der Waals surface area contributed by atoms with E-state index in [2.05, 4.69) is 20.8 Å². The van der Waals surface area contributed by atoms with Crippen LogP contribution in [0, 0.1) is 5.41 Å². The van der Waals surface area contributed by atoms with Crippen molar-refractivity contribution in [2.75, 3.05) is 19.6 Å². The van der Waals surface area contributed by atoms with E-state index in [0.29, 0.717) is 18.7 Å². The van der Waals surface area contributed by atoms with Crippen molar-refractivity contribution in [3.05, 3.63) is 23.7 Å². The van der Waals surface area contributed by atoms with Crippen LogP contribution in [-0.4, -0.2) is 30.4 Å². The maximum Gasteiger partial charge on any atom is 0.257 e. The summed E-state index contributed by atoms with van der Waals surface area (Å²) in [5.41, 5.74) is 6.38. The molecule has 0 spiro atoms. The normalized spacial score (nSPS) is 11.6. The summed E-state index contributed by atoms with van der Waals surface area (Å²) in [4.78, 5) is 14.5. The fourth-order valence-electron chi connectivity index (χ4n) is 2.08. The van der Waals surface area contributed by atoms with Crippen molar-refractivity contribution in [1.82, 2.24) is 4.90 Å². The molecule has 19 heavy (non-hydrogen) atoms. The molecule has 108 valence electrons. The molecular formula is C15H26N2O2. The Labute approximate surface area is 116 Å². The van der Waals surface area contributed by atoms with Gasteiger partial charge in [0.1, 0.15) is 5.76 Å². The summed E-state index contributed by atoms with van der Waals surface area (Å²) in [6.45, 7) is 10.2. The summed E-state index contributed by atoms with van der Waals surface area (Å²) in [6, 6.07) is 1.76. The van der Waals surface area contributed by atoms with Gasteiger partial charge in [0, 0.05) is 19.5 Å². The molecule has 0 saturated carbocycles. The summed E-state index contributed by atoms with van der Waals surface area (Å²) in [5.74, 6) is 0.811. The van der Waals surface area contributed by atoms with Crippen molar-refractivity contribution in [1.29, 1.82) is 0 Å². The van der Waals surface area contributed by atoms with Crippen LogP contribution in [-0.2, 0) is 6.42 Å². The van der Waals surface area contributed by atoms with Crippen LogP contribution < -0.4 is 5.73 Å². The van der Waals surface area contributed by atoms with E-state index in [4.69, 9.17) is 10.2 Å². The Hall–Kier alpha value is -1.29. The van der Waals surface area contributed by atoms with Crippen LogP contribution in [0.15, 0.2) is 16.7 Å². The number of amides is 1. The lowest BCUT2D eigenvalue weighted by Gasteiger charge is -2.31. The zero-order valence-electron chi connectivity index (χ0n) is 12.5. The molecule has 1 aromatic rings. The van der Waals surface area contributed by atoms with Crippen molar-refractivity contribution >= 4 is 5.91 Å². The predicted molar refractivity (Wildman–Crippen MR) is 77.1 cm³/mol. The monoisotopic (exact) mass is 266 g/mol. The zero-order chi connectivity index (χ0) is 14.5. The second kappa shape index (κ2) is 6.75. The van der Waals surface area contributed by atoms with E-state index in [0.717, 1.165) is 25.1 Å². The zero-order valence-corrected chi connectivity index (χ0v) is 12.5. The molecule has 0 saturated heterocycles. The average molecular weight is 266 g/mol. The maximum absolute atomic E-state index is 12.6. The molecule has 1 rings (SSSR count). The Bertz CT molecular complexity index is 410. The van der Waals surface area contributed by atoms with Crippen LogP contribution in [0.4, 0.5) is 0 Å². The number of carbonyl (C=O) groups excluding carboxylic acids is 1. The third-order valence-corrected chi connectivity index (χ3v) is 3.25. The van der Waals surface area contributed by atoms with Gasteiger partial charge in [0.05, 0.1) is 11.8 Å². The van der Waals surface area contributed by atoms with Crippen molar-refractivity contribution < 1.29 is 9.21 Å². The highest BCUT2D eigenvalue weighted by Gasteiger charge is 2.26. The molecule has 0 aliphatic heterocycles. The second-order valence-electron chi connectivity index (χ2n) is 5.71. The number of rotatable bonds is 7. The van der Waals surface area contributed by atoms with Gasteiger partial charge in [-0.25, -0.2) is 0 Å². The highest BCUT2D eigenvalue weighted by molar-refractivity contribution is 5.95. The first kappa shape index (κ1) is 15.8. The standard InChI is InChI=1S/C15H26N2O2/c1-5-8-17(11-15(3,4)10-16)14(18)12-7-9-19-13(12)6-2/h7,9H,5-6,8,10-11,16H2,1-4H3. The molecule has 2 N–H and O–H groups in total. The number of nitrogens with two attached hydrogens (primary N) is 1. The van der Waals surface area contributed by atoms with Crippen LogP contribution in [0.3, 0.4) is 0 Å². The lowest BCUT2D eigenvalue weighted by atomic mass is 9.92. The first-order chi connectivity index (χ1) is 8.95. The number of hydrogen-bond donors (Lipinski definition) is 1. The topological polar surface area (TPSA) is 59.5 Å². The fourth-order valence-corrected chi connectivity index (χ4v) is 2.08. The third-order valence-electron chi connectivity index (χ3n) is 3.25. The summed E-state index contributed by atoms with van der Waals surface area (Å²) < 4.78 is 5.35. The van der Waals surface area contributed by atoms with Crippen LogP contribution in [0.1, 0.15) is 50.2 Å². The molecule has 0 bridgehead atoms. The average Bonchev–Trinajstić information content (AvgIpc) is 2.85. The molecule has 0 aliphatic carbocycles. The number of furan rings is 1. The van der Waals surface area contributed by atoms with Gasteiger partial charge in [-0.3, -0.25) is 4.79 Å². The number of hydrogen-bond acceptors (Lipinski definition) is 3. The minimum Gasteiger partial charge on any atom is -0.469 e. The van der Waals surface area contributed by atoms with E-state index in [-0.39, 0.29) is 11.3 Å². The molecule has 0 atom stereocenters. The summed E-state index contributed by atoms with van der Waals surface area (Å²) in [7, 11) is 0. The molecule has 1 aromatic heterocycles. The Balaban J connectivity index is 2.90. The molecule has 0 unspecified atom stereocenters. The minimum absolute atomic E-state index is 0.0500. The summed E-state index contributed by atoms with van der Waals surface area (Å²) in [5, 5.41) is 0. The van der Waals surface area contributed by atoms with Gasteiger partial charge in [0.25, 0.3) is 5.91 Å². The van der Waals surface area contributed by atoms with Gasteiger partial charge >= 0.3 is 0 Å². The van der Waals surface area contributed by atoms with Gasteiger partial charge in [-0.15, -0.1) is 0 Å². The second-order valence-corrected chi connectivity index (χ2v) is 5.71. The van der Waals surface area contributed by atoms with Crippen LogP contribution >= 0.6 is 0 Å². The van der Waals surface area contributed by atoms with Gasteiger partial charge < -0.3 is 15.1 Å². The van der Waals surface area contributed by atoms with E-state index < -0.39 is 0 Å². The van der Waals surface area contributed by atoms with Gasteiger partial charge in [0.2, 0.25) is 0 Å². The molecule has 0 aromatic carbocycles. The van der Waals surface area contributed by atoms with Gasteiger partial charge in [-0.1, -0.05) is 27.7 Å². The molecule has 0 aliphatic rings. The first-order valence-corrected chi connectivity index (χ1v) is 7.01. The molecule has 1 heterocycles. The van der Waals surface area contributed by atoms with Crippen molar-refractivity contribution in [2.45, 2.75) is 40.5 Å². The van der Waals surface area contributed by atoms with Crippen molar-refractivity contribution in [3.8, 4) is 0 Å². The third kappa shape index (κ3) is 4.10. The largest absolute Gasteiger partial charge is 0.469 e. The Morgan fingerprint density at radius 2 is 2.11 bits per heavy atom. The molecule has 0 fully saturated rings. The lowest BCUT2D eigenvalue weighted by Crippen LogP contribution is -2.42. The number of nitrogens with zero attached hydrogens (tertiary/aromatic N) is 1. The number of carbonyl (C=O) groups is 1. The van der Waals surface area contributed by atoms with E-state index >= 15 is 0 Å². The quantitative estimate of drug-likeness (QED) is 0.825. The fraction of sp³-hybridized carbons (Fsp3) is 0.667. The summed E-state index contributed by atoms with van der Waals surface area (Å²) >= 11 is 0. The Morgan fingerprint density at radius 3 is 2.63 bits per heavy atom. The number of aryl methyl sites for hydroxylation is 1. The van der Waals surface area contributed by atoms with E-state index in [9.17, 15) is 4.79 Å². The van der Waals surface area contributed by atoms with Gasteiger partial charge in [-0.2, -0.15) is 0 Å². The molecule has 0 radical (unpaired) electrons. The highest BCUT2D eigenvalue weighted by atomic mass is 16.3. The molecule has 4 heteroatoms. The minimum atomic E-state index is -0.0685. The van der Waals surface area contributed by atoms with Crippen LogP contribution in [0.2, 0.25) is 0 Å². The highest BCUT2D eigenvalue weighted by Crippen LogP contribution is 2.19. The van der Waals surface area contributed by atoms with Crippen LogP contribution in [0.25, 0.3) is 0 Å².